The third-order valence-corrected chi connectivity index (χ3v) is 9.78. The third-order valence-electron chi connectivity index (χ3n) is 9.78. The first-order valence-corrected chi connectivity index (χ1v) is 18.1. The van der Waals surface area contributed by atoms with E-state index in [0.717, 1.165) is 34.3 Å². The van der Waals surface area contributed by atoms with Crippen molar-refractivity contribution in [3.63, 3.8) is 0 Å². The Morgan fingerprint density at radius 1 is 0.947 bits per heavy atom. The predicted octanol–water partition coefficient (Wildman–Crippen LogP) is 2.19. The van der Waals surface area contributed by atoms with Crippen LogP contribution in [0.3, 0.4) is 0 Å². The number of rotatable bonds is 11. The predicted molar refractivity (Wildman–Crippen MR) is 197 cm³/mol. The number of aromatic nitrogens is 3. The summed E-state index contributed by atoms with van der Waals surface area (Å²) >= 11 is 0. The lowest BCUT2D eigenvalue weighted by molar-refractivity contribution is -0.282. The highest BCUT2D eigenvalue weighted by atomic mass is 16.7. The molecular weight excluding hydrogens is 746 g/mol. The van der Waals surface area contributed by atoms with Gasteiger partial charge in [0.25, 0.3) is 0 Å². The third kappa shape index (κ3) is 9.40. The van der Waals surface area contributed by atoms with Crippen LogP contribution in [0.5, 0.6) is 5.75 Å². The van der Waals surface area contributed by atoms with E-state index in [0.29, 0.717) is 35.5 Å². The number of amides is 2. The largest absolute Gasteiger partial charge is 0.467 e. The van der Waals surface area contributed by atoms with Crippen LogP contribution in [0.1, 0.15) is 46.1 Å². The zero-order valence-electron chi connectivity index (χ0n) is 32.6. The van der Waals surface area contributed by atoms with Gasteiger partial charge in [-0.15, -0.1) is 0 Å². The molecule has 2 saturated heterocycles. The van der Waals surface area contributed by atoms with Gasteiger partial charge in [0.1, 0.15) is 24.3 Å². The van der Waals surface area contributed by atoms with Crippen molar-refractivity contribution in [2.45, 2.75) is 83.8 Å². The smallest absolute Gasteiger partial charge is 0.339 e. The standard InChI is InChI=1S/C38H45N7O12/c1-21-13-16-44(29(49)12-15-39)19-27(21)43(6)34-26-14-17-45(35(26)41-20-40-34)38(51)42(5)18-25-10-8-9-11-28(25)56-37-33(55-24(4)48)31(54-23(3)47)30(53-22(2)46)32(57-37)36(50)52-7/h8-11,14,17,20-21,27,30-33,37H,12-13,16,18-19H2,1-7H3/t21-,27+,30+,31+,32+,33-,37-/m1/s1. The van der Waals surface area contributed by atoms with E-state index in [4.69, 9.17) is 33.7 Å². The summed E-state index contributed by atoms with van der Waals surface area (Å²) in [5.41, 5.74) is 0.814. The van der Waals surface area contributed by atoms with Gasteiger partial charge in [0.2, 0.25) is 18.3 Å². The fraction of sp³-hybridized carbons (Fsp3) is 0.500. The van der Waals surface area contributed by atoms with Gasteiger partial charge in [0, 0.05) is 59.7 Å². The lowest BCUT2D eigenvalue weighted by Gasteiger charge is -2.43. The van der Waals surface area contributed by atoms with Crippen LogP contribution in [0, 0.1) is 17.2 Å². The number of likely N-dealkylation sites (N-methyl/N-ethyl adjacent to an activating group) is 1. The zero-order chi connectivity index (χ0) is 41.6. The minimum Gasteiger partial charge on any atom is -0.467 e. The monoisotopic (exact) mass is 791 g/mol. The fourth-order valence-electron chi connectivity index (χ4n) is 7.05. The number of methoxy groups -OCH3 is 1. The van der Waals surface area contributed by atoms with E-state index in [1.807, 2.05) is 18.0 Å². The molecule has 3 aromatic rings. The Morgan fingerprint density at radius 3 is 2.28 bits per heavy atom. The minimum atomic E-state index is -1.66. The molecule has 5 rings (SSSR count). The van der Waals surface area contributed by atoms with Gasteiger partial charge in [-0.25, -0.2) is 19.6 Å². The minimum absolute atomic E-state index is 0.0203. The molecule has 7 atom stereocenters. The van der Waals surface area contributed by atoms with Crippen molar-refractivity contribution in [1.82, 2.24) is 24.3 Å². The van der Waals surface area contributed by atoms with Gasteiger partial charge in [0.15, 0.2) is 24.0 Å². The number of piperidine rings is 1. The van der Waals surface area contributed by atoms with Crippen LogP contribution < -0.4 is 9.64 Å². The Bertz CT molecular complexity index is 2050. The van der Waals surface area contributed by atoms with Gasteiger partial charge in [0.05, 0.1) is 31.2 Å². The van der Waals surface area contributed by atoms with Crippen molar-refractivity contribution in [3.8, 4) is 11.8 Å². The van der Waals surface area contributed by atoms with Crippen LogP contribution in [-0.2, 0) is 54.2 Å². The Morgan fingerprint density at radius 2 is 1.61 bits per heavy atom. The Hall–Kier alpha value is -6.29. The molecule has 0 unspecified atom stereocenters. The van der Waals surface area contributed by atoms with E-state index >= 15 is 0 Å². The molecule has 0 saturated carbocycles. The van der Waals surface area contributed by atoms with E-state index in [1.165, 1.54) is 15.8 Å². The van der Waals surface area contributed by atoms with Gasteiger partial charge >= 0.3 is 29.9 Å². The number of esters is 4. The number of fused-ring (bicyclic) bond motifs is 1. The van der Waals surface area contributed by atoms with Gasteiger partial charge in [-0.1, -0.05) is 25.1 Å². The maximum Gasteiger partial charge on any atom is 0.339 e. The van der Waals surface area contributed by atoms with Crippen molar-refractivity contribution >= 4 is 52.7 Å². The molecule has 1 aromatic carbocycles. The van der Waals surface area contributed by atoms with Crippen LogP contribution >= 0.6 is 0 Å². The van der Waals surface area contributed by atoms with Crippen LogP contribution in [0.4, 0.5) is 10.6 Å². The van der Waals surface area contributed by atoms with E-state index in [1.54, 1.807) is 48.5 Å². The van der Waals surface area contributed by atoms with Crippen LogP contribution in [0.2, 0.25) is 0 Å². The number of hydrogen-bond acceptors (Lipinski definition) is 16. The summed E-state index contributed by atoms with van der Waals surface area (Å²) in [6.45, 7) is 6.33. The summed E-state index contributed by atoms with van der Waals surface area (Å²) in [6, 6.07) is 9.72. The first kappa shape index (κ1) is 41.9. The highest BCUT2D eigenvalue weighted by molar-refractivity contribution is 5.95. The molecule has 2 fully saturated rings. The van der Waals surface area contributed by atoms with E-state index in [2.05, 4.69) is 16.9 Å². The second-order valence-electron chi connectivity index (χ2n) is 13.8. The van der Waals surface area contributed by atoms with Crippen LogP contribution in [0.25, 0.3) is 11.0 Å². The maximum absolute atomic E-state index is 14.0. The quantitative estimate of drug-likeness (QED) is 0.201. The molecular formula is C38H45N7O12. The second kappa shape index (κ2) is 18.1. The molecule has 0 N–H and O–H groups in total. The van der Waals surface area contributed by atoms with Gasteiger partial charge < -0.3 is 43.1 Å². The second-order valence-corrected chi connectivity index (χ2v) is 13.8. The Kier molecular flexibility index (Phi) is 13.3. The average Bonchev–Trinajstić information content (AvgIpc) is 3.61. The van der Waals surface area contributed by atoms with Crippen molar-refractivity contribution in [2.75, 3.05) is 39.2 Å². The molecule has 0 bridgehead atoms. The topological polar surface area (TPSA) is 222 Å². The zero-order valence-corrected chi connectivity index (χ0v) is 32.6. The lowest BCUT2D eigenvalue weighted by Crippen LogP contribution is -2.64. The summed E-state index contributed by atoms with van der Waals surface area (Å²) in [5, 5.41) is 9.66. The average molecular weight is 792 g/mol. The summed E-state index contributed by atoms with van der Waals surface area (Å²) < 4.78 is 34.7. The number of likely N-dealkylation sites (tertiary alicyclic amines) is 1. The van der Waals surface area contributed by atoms with Gasteiger partial charge in [-0.05, 0) is 24.5 Å². The van der Waals surface area contributed by atoms with E-state index < -0.39 is 60.6 Å². The molecule has 0 spiro atoms. The van der Waals surface area contributed by atoms with Crippen molar-refractivity contribution < 1.29 is 57.2 Å². The van der Waals surface area contributed by atoms with E-state index in [-0.39, 0.29) is 36.6 Å². The van der Waals surface area contributed by atoms with Crippen molar-refractivity contribution in [3.05, 3.63) is 48.4 Å². The highest BCUT2D eigenvalue weighted by Gasteiger charge is 2.56. The number of nitrogens with zero attached hydrogens (tertiary/aromatic N) is 7. The normalized spacial score (nSPS) is 23.1. The maximum atomic E-state index is 14.0. The number of ether oxygens (including phenoxy) is 6. The summed E-state index contributed by atoms with van der Waals surface area (Å²) in [6.07, 6.45) is -4.38. The fourth-order valence-corrected chi connectivity index (χ4v) is 7.05. The molecule has 19 heteroatoms. The first-order valence-electron chi connectivity index (χ1n) is 18.1. The number of carbonyl (C=O) groups excluding carboxylic acids is 6. The summed E-state index contributed by atoms with van der Waals surface area (Å²) in [5.74, 6) is -2.75. The number of benzene rings is 1. The van der Waals surface area contributed by atoms with Crippen LogP contribution in [-0.4, -0.2) is 131 Å². The number of nitriles is 1. The molecule has 2 aromatic heterocycles. The number of para-hydroxylation sites is 1. The first-order chi connectivity index (χ1) is 27.1. The van der Waals surface area contributed by atoms with Crippen molar-refractivity contribution in [2.24, 2.45) is 5.92 Å². The summed E-state index contributed by atoms with van der Waals surface area (Å²) in [4.78, 5) is 90.1. The van der Waals surface area contributed by atoms with Crippen LogP contribution in [0.15, 0.2) is 42.9 Å². The lowest BCUT2D eigenvalue weighted by atomic mass is 9.92. The molecule has 19 nitrogen and oxygen atoms in total. The van der Waals surface area contributed by atoms with Gasteiger partial charge in [-0.3, -0.25) is 23.7 Å². The Labute approximate surface area is 328 Å². The summed E-state index contributed by atoms with van der Waals surface area (Å²) in [7, 11) is 4.53. The Balaban J connectivity index is 1.40. The highest BCUT2D eigenvalue weighted by Crippen LogP contribution is 2.34. The van der Waals surface area contributed by atoms with Gasteiger partial charge in [-0.2, -0.15) is 5.26 Å². The molecule has 57 heavy (non-hydrogen) atoms. The molecule has 0 radical (unpaired) electrons. The molecule has 304 valence electrons. The van der Waals surface area contributed by atoms with Crippen molar-refractivity contribution in [1.29, 1.82) is 5.26 Å². The molecule has 2 aliphatic rings. The number of hydrogen-bond donors (Lipinski definition) is 0. The molecule has 4 heterocycles. The molecule has 2 amide bonds. The molecule has 2 aliphatic heterocycles. The van der Waals surface area contributed by atoms with E-state index in [9.17, 15) is 28.8 Å². The number of anilines is 1. The molecule has 0 aliphatic carbocycles. The number of carbonyl (C=O) groups is 6. The SMILES string of the molecule is COC(=O)[C@H]1O[C@@H](Oc2ccccc2CN(C)C(=O)n2ccc3c(N(C)[C@H]4CN(C(=O)CC#N)CC[C@H]4C)ncnc32)[C@H](OC(C)=O)[C@@H](OC(C)=O)[C@@H]1OC(C)=O.